The zero-order valence-corrected chi connectivity index (χ0v) is 5.69. The monoisotopic (exact) mass is 136 g/mol. The van der Waals surface area contributed by atoms with Crippen LogP contribution >= 0.6 is 0 Å². The van der Waals surface area contributed by atoms with E-state index in [9.17, 15) is 4.79 Å². The van der Waals surface area contributed by atoms with Crippen molar-refractivity contribution in [2.75, 3.05) is 0 Å². The fourth-order valence-electron chi connectivity index (χ4n) is 0.611. The molecule has 1 heterocycles. The molecule has 3 heteroatoms. The first-order valence-corrected chi connectivity index (χ1v) is 2.94. The summed E-state index contributed by atoms with van der Waals surface area (Å²) in [5.74, 6) is 0. The molecule has 0 atom stereocenters. The Morgan fingerprint density at radius 1 is 1.70 bits per heavy atom. The minimum atomic E-state index is 0.679. The molecule has 0 fully saturated rings. The molecule has 0 spiro atoms. The highest BCUT2D eigenvalue weighted by Gasteiger charge is 1.84. The molecule has 0 amide bonds. The second-order valence-corrected chi connectivity index (χ2v) is 2.00. The van der Waals surface area contributed by atoms with Crippen LogP contribution in [0.15, 0.2) is 24.3 Å². The van der Waals surface area contributed by atoms with Crippen LogP contribution < -0.4 is 0 Å². The lowest BCUT2D eigenvalue weighted by atomic mass is 10.4. The summed E-state index contributed by atoms with van der Waals surface area (Å²) in [5.41, 5.74) is 0.679. The molecule has 1 aromatic heterocycles. The second-order valence-electron chi connectivity index (χ2n) is 2.00. The van der Waals surface area contributed by atoms with E-state index in [1.54, 1.807) is 36.4 Å². The molecule has 0 saturated carbocycles. The van der Waals surface area contributed by atoms with Gasteiger partial charge in [0.05, 0.1) is 6.33 Å². The molecule has 0 aromatic carbocycles. The van der Waals surface area contributed by atoms with Gasteiger partial charge in [0.2, 0.25) is 0 Å². The molecule has 0 N–H and O–H groups in total. The lowest BCUT2D eigenvalue weighted by Crippen LogP contribution is -1.83. The Bertz CT molecular complexity index is 236. The van der Waals surface area contributed by atoms with Gasteiger partial charge < -0.3 is 4.57 Å². The third kappa shape index (κ3) is 1.55. The highest BCUT2D eigenvalue weighted by molar-refractivity contribution is 5.76. The topological polar surface area (TPSA) is 34.9 Å². The fourth-order valence-corrected chi connectivity index (χ4v) is 0.611. The minimum absolute atomic E-state index is 0.679. The van der Waals surface area contributed by atoms with Crippen molar-refractivity contribution in [3.63, 3.8) is 0 Å². The number of allylic oxidation sites excluding steroid dienone is 1. The van der Waals surface area contributed by atoms with Crippen molar-refractivity contribution in [3.05, 3.63) is 24.3 Å². The van der Waals surface area contributed by atoms with E-state index in [1.165, 1.54) is 0 Å². The van der Waals surface area contributed by atoms with Crippen LogP contribution in [0.3, 0.4) is 0 Å². The summed E-state index contributed by atoms with van der Waals surface area (Å²) in [4.78, 5) is 13.9. The maximum atomic E-state index is 10.1. The largest absolute Gasteiger partial charge is 0.313 e. The first-order chi connectivity index (χ1) is 4.83. The van der Waals surface area contributed by atoms with Crippen LogP contribution in [-0.4, -0.2) is 15.8 Å². The highest BCUT2D eigenvalue weighted by Crippen LogP contribution is 1.92. The Labute approximate surface area is 59.0 Å². The normalized spacial score (nSPS) is 11.5. The van der Waals surface area contributed by atoms with Crippen LogP contribution in [0.25, 0.3) is 6.20 Å². The SMILES string of the molecule is CC(C=O)=Cn1ccnc1. The van der Waals surface area contributed by atoms with Crippen LogP contribution in [-0.2, 0) is 4.79 Å². The summed E-state index contributed by atoms with van der Waals surface area (Å²) in [6.45, 7) is 1.74. The molecule has 3 nitrogen and oxygen atoms in total. The van der Waals surface area contributed by atoms with Gasteiger partial charge in [0.1, 0.15) is 6.29 Å². The molecule has 0 radical (unpaired) electrons. The number of aromatic nitrogens is 2. The summed E-state index contributed by atoms with van der Waals surface area (Å²) >= 11 is 0. The van der Waals surface area contributed by atoms with Crippen molar-refractivity contribution in [1.29, 1.82) is 0 Å². The highest BCUT2D eigenvalue weighted by atomic mass is 16.1. The molecule has 1 aromatic rings. The lowest BCUT2D eigenvalue weighted by molar-refractivity contribution is -0.104. The van der Waals surface area contributed by atoms with E-state index >= 15 is 0 Å². The van der Waals surface area contributed by atoms with Crippen LogP contribution in [0.4, 0.5) is 0 Å². The number of rotatable bonds is 2. The summed E-state index contributed by atoms with van der Waals surface area (Å²) in [5, 5.41) is 0. The number of nitrogens with zero attached hydrogens (tertiary/aromatic N) is 2. The van der Waals surface area contributed by atoms with Gasteiger partial charge in [-0.05, 0) is 6.92 Å². The van der Waals surface area contributed by atoms with Gasteiger partial charge >= 0.3 is 0 Å². The Morgan fingerprint density at radius 2 is 2.50 bits per heavy atom. The predicted molar refractivity (Wildman–Crippen MR) is 38.2 cm³/mol. The molecule has 0 bridgehead atoms. The van der Waals surface area contributed by atoms with Gasteiger partial charge in [0, 0.05) is 24.2 Å². The van der Waals surface area contributed by atoms with Crippen LogP contribution in [0.1, 0.15) is 6.92 Å². The Hall–Kier alpha value is -1.38. The van der Waals surface area contributed by atoms with E-state index < -0.39 is 0 Å². The maximum Gasteiger partial charge on any atom is 0.147 e. The van der Waals surface area contributed by atoms with Gasteiger partial charge in [-0.15, -0.1) is 0 Å². The molecule has 0 aliphatic heterocycles. The van der Waals surface area contributed by atoms with Gasteiger partial charge in [-0.2, -0.15) is 0 Å². The number of carbonyl (C=O) groups is 1. The average Bonchev–Trinajstić information content (AvgIpc) is 2.40. The van der Waals surface area contributed by atoms with Gasteiger partial charge in [-0.3, -0.25) is 4.79 Å². The quantitative estimate of drug-likeness (QED) is 0.448. The average molecular weight is 136 g/mol. The molecule has 0 unspecified atom stereocenters. The smallest absolute Gasteiger partial charge is 0.147 e. The lowest BCUT2D eigenvalue weighted by Gasteiger charge is -1.89. The van der Waals surface area contributed by atoms with Gasteiger partial charge in [0.25, 0.3) is 0 Å². The Morgan fingerprint density at radius 3 is 3.00 bits per heavy atom. The van der Waals surface area contributed by atoms with Gasteiger partial charge in [-0.1, -0.05) is 0 Å². The predicted octanol–water partition coefficient (Wildman–Crippen LogP) is 0.943. The molecule has 52 valence electrons. The molecule has 0 aliphatic carbocycles. The Balaban J connectivity index is 2.80. The molecular weight excluding hydrogens is 128 g/mol. The summed E-state index contributed by atoms with van der Waals surface area (Å²) < 4.78 is 1.73. The Kier molecular flexibility index (Phi) is 1.99. The zero-order valence-electron chi connectivity index (χ0n) is 5.69. The van der Waals surface area contributed by atoms with Crippen LogP contribution in [0.5, 0.6) is 0 Å². The number of hydrogen-bond donors (Lipinski definition) is 0. The van der Waals surface area contributed by atoms with E-state index in [1.807, 2.05) is 0 Å². The number of carbonyl (C=O) groups excluding carboxylic acids is 1. The molecular formula is C7H8N2O. The summed E-state index contributed by atoms with van der Waals surface area (Å²) in [6, 6.07) is 0. The fraction of sp³-hybridized carbons (Fsp3) is 0.143. The third-order valence-electron chi connectivity index (χ3n) is 1.06. The van der Waals surface area contributed by atoms with Crippen LogP contribution in [0, 0.1) is 0 Å². The van der Waals surface area contributed by atoms with Crippen molar-refractivity contribution in [1.82, 2.24) is 9.55 Å². The number of hydrogen-bond acceptors (Lipinski definition) is 2. The van der Waals surface area contributed by atoms with E-state index in [2.05, 4.69) is 4.98 Å². The first kappa shape index (κ1) is 6.74. The van der Waals surface area contributed by atoms with Crippen molar-refractivity contribution >= 4 is 12.5 Å². The zero-order chi connectivity index (χ0) is 7.40. The van der Waals surface area contributed by atoms with Crippen molar-refractivity contribution in [3.8, 4) is 0 Å². The van der Waals surface area contributed by atoms with E-state index in [4.69, 9.17) is 0 Å². The van der Waals surface area contributed by atoms with Gasteiger partial charge in [-0.25, -0.2) is 4.98 Å². The first-order valence-electron chi connectivity index (χ1n) is 2.94. The van der Waals surface area contributed by atoms with Gasteiger partial charge in [0.15, 0.2) is 0 Å². The van der Waals surface area contributed by atoms with Crippen molar-refractivity contribution in [2.45, 2.75) is 6.92 Å². The summed E-state index contributed by atoms with van der Waals surface area (Å²) in [7, 11) is 0. The van der Waals surface area contributed by atoms with E-state index in [0.29, 0.717) is 5.57 Å². The minimum Gasteiger partial charge on any atom is -0.313 e. The molecule has 1 rings (SSSR count). The van der Waals surface area contributed by atoms with Crippen LogP contribution in [0.2, 0.25) is 0 Å². The molecule has 0 saturated heterocycles. The number of aldehydes is 1. The van der Waals surface area contributed by atoms with E-state index in [-0.39, 0.29) is 0 Å². The standard InChI is InChI=1S/C7H8N2O/c1-7(5-10)4-9-3-2-8-6-9/h2-6H,1H3. The van der Waals surface area contributed by atoms with Crippen molar-refractivity contribution < 1.29 is 4.79 Å². The molecule has 10 heavy (non-hydrogen) atoms. The maximum absolute atomic E-state index is 10.1. The molecule has 0 aliphatic rings. The number of imidazole rings is 1. The second kappa shape index (κ2) is 2.96. The van der Waals surface area contributed by atoms with E-state index in [0.717, 1.165) is 6.29 Å². The third-order valence-corrected chi connectivity index (χ3v) is 1.06. The summed E-state index contributed by atoms with van der Waals surface area (Å²) in [6.07, 6.45) is 7.58. The van der Waals surface area contributed by atoms with Crippen molar-refractivity contribution in [2.24, 2.45) is 0 Å².